The second-order valence-corrected chi connectivity index (χ2v) is 8.26. The number of alkyl halides is 3. The van der Waals surface area contributed by atoms with E-state index in [2.05, 4.69) is 0 Å². The summed E-state index contributed by atoms with van der Waals surface area (Å²) < 4.78 is 55.1. The van der Waals surface area contributed by atoms with Gasteiger partial charge in [-0.1, -0.05) is 12.1 Å². The lowest BCUT2D eigenvalue weighted by atomic mass is 9.92. The fourth-order valence-electron chi connectivity index (χ4n) is 3.49. The molecule has 0 radical (unpaired) electrons. The van der Waals surface area contributed by atoms with E-state index in [0.29, 0.717) is 0 Å². The number of halogens is 3. The molecule has 1 aliphatic rings. The van der Waals surface area contributed by atoms with Crippen LogP contribution in [0.3, 0.4) is 0 Å². The van der Waals surface area contributed by atoms with Gasteiger partial charge in [-0.05, 0) is 55.3 Å². The van der Waals surface area contributed by atoms with E-state index in [1.165, 1.54) is 18.2 Å². The molecule has 9 nitrogen and oxygen atoms in total. The van der Waals surface area contributed by atoms with Gasteiger partial charge in [-0.25, -0.2) is 4.79 Å². The number of esters is 1. The number of ether oxygens (including phenoxy) is 3. The fourth-order valence-corrected chi connectivity index (χ4v) is 3.49. The van der Waals surface area contributed by atoms with Gasteiger partial charge in [0.1, 0.15) is 24.9 Å². The highest BCUT2D eigenvalue weighted by atomic mass is 19.4. The third kappa shape index (κ3) is 6.66. The number of aliphatic hydroxyl groups excluding tert-OH is 2. The summed E-state index contributed by atoms with van der Waals surface area (Å²) in [6, 6.07) is 8.52. The molecular weight excluding hydrogens is 487 g/mol. The van der Waals surface area contributed by atoms with Crippen molar-refractivity contribution in [2.24, 2.45) is 0 Å². The van der Waals surface area contributed by atoms with Crippen LogP contribution in [0.4, 0.5) is 18.9 Å². The van der Waals surface area contributed by atoms with Crippen LogP contribution in [0.1, 0.15) is 41.4 Å². The molecule has 194 valence electrons. The standard InChI is InChI=1S/C24H24F3NO8/c1-13(2)35-20-11-18(21(29)14-3-7-16(8-4-14)24(25,26)27)22(30)19(36-20)12-34-23(31)15-5-9-17(10-6-15)28(32)33/h3-11,13,19-22,29-30H,12H2,1-2H3/t19-,20+,21-,22+/m1/s1. The maximum absolute atomic E-state index is 12.9. The molecule has 0 bridgehead atoms. The van der Waals surface area contributed by atoms with Crippen molar-refractivity contribution in [1.29, 1.82) is 0 Å². The Kier molecular flexibility index (Phi) is 8.46. The Morgan fingerprint density at radius 1 is 1.14 bits per heavy atom. The molecule has 2 N–H and O–H groups in total. The molecule has 0 aromatic heterocycles. The molecule has 3 rings (SSSR count). The van der Waals surface area contributed by atoms with E-state index in [9.17, 15) is 38.3 Å². The zero-order valence-corrected chi connectivity index (χ0v) is 19.2. The van der Waals surface area contributed by atoms with Crippen LogP contribution in [0.5, 0.6) is 0 Å². The summed E-state index contributed by atoms with van der Waals surface area (Å²) in [6.07, 6.45) is -8.75. The molecule has 0 saturated carbocycles. The normalized spacial score (nSPS) is 21.1. The van der Waals surface area contributed by atoms with Crippen molar-refractivity contribution in [3.05, 3.63) is 87.0 Å². The maximum atomic E-state index is 12.9. The molecule has 4 atom stereocenters. The number of nitrogens with zero attached hydrogens (tertiary/aromatic N) is 1. The quantitative estimate of drug-likeness (QED) is 0.236. The molecule has 1 heterocycles. The zero-order chi connectivity index (χ0) is 26.6. The summed E-state index contributed by atoms with van der Waals surface area (Å²) in [5.74, 6) is -0.832. The number of non-ortho nitro benzene ring substituents is 1. The van der Waals surface area contributed by atoms with Crippen molar-refractivity contribution in [3.63, 3.8) is 0 Å². The predicted molar refractivity (Wildman–Crippen MR) is 119 cm³/mol. The van der Waals surface area contributed by atoms with Gasteiger partial charge in [-0.15, -0.1) is 0 Å². The number of carbonyl (C=O) groups is 1. The molecule has 0 fully saturated rings. The van der Waals surface area contributed by atoms with E-state index in [0.717, 1.165) is 36.4 Å². The number of hydrogen-bond acceptors (Lipinski definition) is 8. The summed E-state index contributed by atoms with van der Waals surface area (Å²) in [4.78, 5) is 22.5. The lowest BCUT2D eigenvalue weighted by Crippen LogP contribution is -2.44. The van der Waals surface area contributed by atoms with Crippen LogP contribution < -0.4 is 0 Å². The van der Waals surface area contributed by atoms with Gasteiger partial charge >= 0.3 is 12.1 Å². The fraction of sp³-hybridized carbons (Fsp3) is 0.375. The lowest BCUT2D eigenvalue weighted by Gasteiger charge is -2.35. The van der Waals surface area contributed by atoms with Crippen LogP contribution in [0.25, 0.3) is 0 Å². The first-order valence-corrected chi connectivity index (χ1v) is 10.8. The molecule has 36 heavy (non-hydrogen) atoms. The maximum Gasteiger partial charge on any atom is 0.416 e. The monoisotopic (exact) mass is 511 g/mol. The molecule has 0 saturated heterocycles. The molecule has 12 heteroatoms. The molecule has 1 aliphatic heterocycles. The minimum atomic E-state index is -4.55. The Morgan fingerprint density at radius 3 is 2.28 bits per heavy atom. The van der Waals surface area contributed by atoms with Gasteiger partial charge in [0.15, 0.2) is 6.29 Å². The SMILES string of the molecule is CC(C)O[C@@H]1C=C([C@H](O)c2ccc(C(F)(F)F)cc2)[C@H](O)[C@@H](COC(=O)c2ccc([N+](=O)[O-])cc2)O1. The van der Waals surface area contributed by atoms with Crippen molar-refractivity contribution < 1.29 is 47.3 Å². The van der Waals surface area contributed by atoms with Gasteiger partial charge in [-0.2, -0.15) is 13.2 Å². The van der Waals surface area contributed by atoms with Crippen LogP contribution >= 0.6 is 0 Å². The van der Waals surface area contributed by atoms with E-state index in [4.69, 9.17) is 14.2 Å². The molecular formula is C24H24F3NO8. The molecule has 0 amide bonds. The Bertz CT molecular complexity index is 1100. The number of carbonyl (C=O) groups excluding carboxylic acids is 1. The Balaban J connectivity index is 1.76. The summed E-state index contributed by atoms with van der Waals surface area (Å²) in [6.45, 7) is 2.97. The Labute approximate surface area is 203 Å². The summed E-state index contributed by atoms with van der Waals surface area (Å²) in [7, 11) is 0. The number of nitro groups is 1. The molecule has 0 aliphatic carbocycles. The van der Waals surface area contributed by atoms with Crippen LogP contribution in [0.2, 0.25) is 0 Å². The first-order valence-electron chi connectivity index (χ1n) is 10.8. The third-order valence-electron chi connectivity index (χ3n) is 5.30. The number of aliphatic hydroxyl groups is 2. The molecule has 2 aromatic carbocycles. The van der Waals surface area contributed by atoms with Crippen molar-refractivity contribution in [2.45, 2.75) is 50.7 Å². The highest BCUT2D eigenvalue weighted by molar-refractivity contribution is 5.89. The van der Waals surface area contributed by atoms with Gasteiger partial charge in [0, 0.05) is 12.1 Å². The van der Waals surface area contributed by atoms with Gasteiger partial charge in [0.05, 0.1) is 22.2 Å². The summed E-state index contributed by atoms with van der Waals surface area (Å²) in [5, 5.41) is 32.4. The third-order valence-corrected chi connectivity index (χ3v) is 5.30. The highest BCUT2D eigenvalue weighted by Crippen LogP contribution is 2.34. The summed E-state index contributed by atoms with van der Waals surface area (Å²) >= 11 is 0. The summed E-state index contributed by atoms with van der Waals surface area (Å²) in [5.41, 5.74) is -0.972. The highest BCUT2D eigenvalue weighted by Gasteiger charge is 2.37. The predicted octanol–water partition coefficient (Wildman–Crippen LogP) is 3.94. The van der Waals surface area contributed by atoms with Crippen LogP contribution in [-0.4, -0.2) is 52.3 Å². The molecule has 0 unspecified atom stereocenters. The largest absolute Gasteiger partial charge is 0.459 e. The van der Waals surface area contributed by atoms with E-state index in [1.54, 1.807) is 13.8 Å². The minimum absolute atomic E-state index is 0.00282. The van der Waals surface area contributed by atoms with Crippen LogP contribution in [-0.2, 0) is 20.4 Å². The van der Waals surface area contributed by atoms with Crippen molar-refractivity contribution in [1.82, 2.24) is 0 Å². The van der Waals surface area contributed by atoms with Crippen LogP contribution in [0, 0.1) is 10.1 Å². The first-order chi connectivity index (χ1) is 16.9. The van der Waals surface area contributed by atoms with Gasteiger partial charge < -0.3 is 24.4 Å². The Hall–Kier alpha value is -3.32. The number of hydrogen-bond donors (Lipinski definition) is 2. The topological polar surface area (TPSA) is 128 Å². The second kappa shape index (κ2) is 11.2. The Morgan fingerprint density at radius 2 is 1.75 bits per heavy atom. The van der Waals surface area contributed by atoms with Crippen molar-refractivity contribution in [3.8, 4) is 0 Å². The average Bonchev–Trinajstić information content (AvgIpc) is 2.82. The number of benzene rings is 2. The molecule has 2 aromatic rings. The number of nitro benzene ring substituents is 1. The van der Waals surface area contributed by atoms with E-state index in [1.807, 2.05) is 0 Å². The van der Waals surface area contributed by atoms with E-state index in [-0.39, 0.29) is 28.5 Å². The van der Waals surface area contributed by atoms with Crippen LogP contribution in [0.15, 0.2) is 60.2 Å². The minimum Gasteiger partial charge on any atom is -0.459 e. The smallest absolute Gasteiger partial charge is 0.416 e. The number of rotatable bonds is 8. The van der Waals surface area contributed by atoms with Crippen molar-refractivity contribution >= 4 is 11.7 Å². The van der Waals surface area contributed by atoms with Gasteiger partial charge in [0.25, 0.3) is 5.69 Å². The molecule has 0 spiro atoms. The van der Waals surface area contributed by atoms with Crippen molar-refractivity contribution in [2.75, 3.05) is 6.61 Å². The average molecular weight is 511 g/mol. The first kappa shape index (κ1) is 27.3. The van der Waals surface area contributed by atoms with E-state index >= 15 is 0 Å². The van der Waals surface area contributed by atoms with Gasteiger partial charge in [-0.3, -0.25) is 10.1 Å². The lowest BCUT2D eigenvalue weighted by molar-refractivity contribution is -0.384. The second-order valence-electron chi connectivity index (χ2n) is 8.26. The zero-order valence-electron chi connectivity index (χ0n) is 19.2. The van der Waals surface area contributed by atoms with Gasteiger partial charge in [0.2, 0.25) is 0 Å². The van der Waals surface area contributed by atoms with E-state index < -0.39 is 53.8 Å².